The number of aliphatic imine (C=N–C) groups is 1. The number of nitrogens with one attached hydrogen (secondary N) is 4. The van der Waals surface area contributed by atoms with Crippen molar-refractivity contribution in [2.75, 3.05) is 13.2 Å². The van der Waals surface area contributed by atoms with Crippen LogP contribution in [-0.4, -0.2) is 71.7 Å². The molecule has 8 N–H and O–H groups in total. The van der Waals surface area contributed by atoms with E-state index >= 15 is 0 Å². The average molecular weight is 786 g/mol. The molecule has 5 aromatic rings. The summed E-state index contributed by atoms with van der Waals surface area (Å²) in [6.07, 6.45) is 1.67. The number of H-pyrrole nitrogens is 1. The van der Waals surface area contributed by atoms with Crippen LogP contribution in [0.5, 0.6) is 0 Å². The van der Waals surface area contributed by atoms with Gasteiger partial charge in [0.1, 0.15) is 30.3 Å². The Kier molecular flexibility index (Phi) is 13.1. The number of nitrogens with two attached hydrogens (primary N) is 2. The van der Waals surface area contributed by atoms with E-state index in [4.69, 9.17) is 20.9 Å². The zero-order valence-electron chi connectivity index (χ0n) is 33.0. The molecular formula is C45H51N7O6. The van der Waals surface area contributed by atoms with Crippen LogP contribution < -0.4 is 27.4 Å². The van der Waals surface area contributed by atoms with Crippen LogP contribution in [0.4, 0.5) is 4.79 Å². The van der Waals surface area contributed by atoms with Gasteiger partial charge >= 0.3 is 12.1 Å². The molecular weight excluding hydrogens is 735 g/mol. The van der Waals surface area contributed by atoms with Crippen molar-refractivity contribution in [3.05, 3.63) is 132 Å². The Bertz CT molecular complexity index is 2210. The highest BCUT2D eigenvalue weighted by molar-refractivity contribution is 5.94. The Hall–Kier alpha value is -6.63. The zero-order chi connectivity index (χ0) is 41.2. The second kappa shape index (κ2) is 18.5. The molecule has 0 unspecified atom stereocenters. The molecule has 1 heterocycles. The lowest BCUT2D eigenvalue weighted by atomic mass is 9.98. The van der Waals surface area contributed by atoms with Crippen LogP contribution in [-0.2, 0) is 36.7 Å². The van der Waals surface area contributed by atoms with Crippen molar-refractivity contribution in [2.45, 2.75) is 76.1 Å². The zero-order valence-corrected chi connectivity index (χ0v) is 33.0. The molecule has 6 rings (SSSR count). The maximum atomic E-state index is 14.4. The topological polar surface area (TPSA) is 203 Å². The fourth-order valence-corrected chi connectivity index (χ4v) is 7.25. The Morgan fingerprint density at radius 2 is 1.34 bits per heavy atom. The van der Waals surface area contributed by atoms with Gasteiger partial charge in [-0.1, -0.05) is 97.1 Å². The lowest BCUT2D eigenvalue weighted by molar-refractivity contribution is -0.158. The summed E-state index contributed by atoms with van der Waals surface area (Å²) in [7, 11) is 0. The summed E-state index contributed by atoms with van der Waals surface area (Å²) in [4.78, 5) is 62.8. The average Bonchev–Trinajstić information content (AvgIpc) is 3.75. The van der Waals surface area contributed by atoms with E-state index in [9.17, 15) is 19.2 Å². The molecule has 0 saturated carbocycles. The monoisotopic (exact) mass is 785 g/mol. The third kappa shape index (κ3) is 10.6. The summed E-state index contributed by atoms with van der Waals surface area (Å²) in [5, 5.41) is 9.35. The van der Waals surface area contributed by atoms with E-state index < -0.39 is 47.6 Å². The highest BCUT2D eigenvalue weighted by atomic mass is 16.6. The number of nitrogens with zero attached hydrogens (tertiary/aromatic N) is 1. The number of carbonyl (C=O) groups is 4. The molecule has 0 bridgehead atoms. The molecule has 0 radical (unpaired) electrons. The van der Waals surface area contributed by atoms with E-state index in [1.807, 2.05) is 91.0 Å². The molecule has 0 aliphatic heterocycles. The first-order chi connectivity index (χ1) is 27.9. The van der Waals surface area contributed by atoms with Crippen LogP contribution >= 0.6 is 0 Å². The van der Waals surface area contributed by atoms with E-state index in [0.29, 0.717) is 6.42 Å². The number of esters is 1. The Balaban J connectivity index is 1.23. The van der Waals surface area contributed by atoms with Crippen molar-refractivity contribution in [2.24, 2.45) is 16.5 Å². The van der Waals surface area contributed by atoms with Gasteiger partial charge in [-0.25, -0.2) is 9.59 Å². The van der Waals surface area contributed by atoms with Crippen molar-refractivity contribution >= 4 is 40.7 Å². The van der Waals surface area contributed by atoms with Gasteiger partial charge in [-0.15, -0.1) is 0 Å². The number of alkyl carbamates (subject to hydrolysis) is 1. The van der Waals surface area contributed by atoms with Crippen LogP contribution in [0.3, 0.4) is 0 Å². The first-order valence-corrected chi connectivity index (χ1v) is 19.5. The molecule has 3 atom stereocenters. The summed E-state index contributed by atoms with van der Waals surface area (Å²) in [6, 6.07) is 29.5. The third-order valence-electron chi connectivity index (χ3n) is 9.92. The highest BCUT2D eigenvalue weighted by Gasteiger charge is 2.33. The molecule has 0 spiro atoms. The lowest BCUT2D eigenvalue weighted by Crippen LogP contribution is -2.57. The number of rotatable bonds is 16. The maximum absolute atomic E-state index is 14.4. The van der Waals surface area contributed by atoms with Gasteiger partial charge in [-0.3, -0.25) is 14.6 Å². The number of guanidine groups is 1. The van der Waals surface area contributed by atoms with Crippen molar-refractivity contribution in [1.82, 2.24) is 20.9 Å². The number of hydrogen-bond acceptors (Lipinski definition) is 7. The Morgan fingerprint density at radius 3 is 2.02 bits per heavy atom. The standard InChI is InChI=1S/C45H51N7O6/c1-45(2,3)58-42(55)39(24-28-14-5-4-6-15-28)51-40(53)37(22-13-23-48-43(46)47)50-41(54)38(25-29-26-49-36-21-12-11-16-30(29)36)52-44(56)57-27-35-33-19-9-7-17-31(33)32-18-8-10-20-34(32)35/h4-12,14-21,26,35,37-39,49H,13,22-25,27H2,1-3H3,(H,50,54)(H,51,53)(H,52,56)(H4,46,47,48)/t37-,38-,39-/m0/s1. The van der Waals surface area contributed by atoms with Crippen LogP contribution in [0.2, 0.25) is 0 Å². The van der Waals surface area contributed by atoms with Gasteiger partial charge in [-0.2, -0.15) is 0 Å². The van der Waals surface area contributed by atoms with Crippen LogP contribution in [0.1, 0.15) is 61.8 Å². The number of aromatic nitrogens is 1. The number of benzene rings is 4. The molecule has 4 aromatic carbocycles. The number of ether oxygens (including phenoxy) is 2. The smallest absolute Gasteiger partial charge is 0.407 e. The van der Waals surface area contributed by atoms with Gasteiger partial charge < -0.3 is 41.9 Å². The normalized spacial score (nSPS) is 13.6. The van der Waals surface area contributed by atoms with E-state index in [0.717, 1.165) is 44.3 Å². The number of para-hydroxylation sites is 1. The van der Waals surface area contributed by atoms with Crippen molar-refractivity contribution in [3.8, 4) is 11.1 Å². The minimum absolute atomic E-state index is 0.0462. The summed E-state index contributed by atoms with van der Waals surface area (Å²) in [5.74, 6) is -2.16. The fourth-order valence-electron chi connectivity index (χ4n) is 7.25. The van der Waals surface area contributed by atoms with Gasteiger partial charge in [0.2, 0.25) is 11.8 Å². The minimum Gasteiger partial charge on any atom is -0.458 e. The van der Waals surface area contributed by atoms with E-state index in [1.165, 1.54) is 0 Å². The molecule has 3 amide bonds. The Morgan fingerprint density at radius 1 is 0.741 bits per heavy atom. The maximum Gasteiger partial charge on any atom is 0.407 e. The second-order valence-corrected chi connectivity index (χ2v) is 15.4. The number of hydrogen-bond donors (Lipinski definition) is 6. The van der Waals surface area contributed by atoms with Crippen molar-refractivity contribution in [1.29, 1.82) is 0 Å². The first-order valence-electron chi connectivity index (χ1n) is 19.5. The summed E-state index contributed by atoms with van der Waals surface area (Å²) in [5.41, 5.74) is 17.0. The first kappa shape index (κ1) is 41.0. The quantitative estimate of drug-likeness (QED) is 0.0338. The third-order valence-corrected chi connectivity index (χ3v) is 9.92. The fraction of sp³-hybridized carbons (Fsp3) is 0.311. The number of fused-ring (bicyclic) bond motifs is 4. The molecule has 302 valence electrons. The molecule has 0 saturated heterocycles. The Labute approximate surface area is 338 Å². The number of aromatic amines is 1. The summed E-state index contributed by atoms with van der Waals surface area (Å²) < 4.78 is 11.5. The second-order valence-electron chi connectivity index (χ2n) is 15.4. The SMILES string of the molecule is CC(C)(C)OC(=O)[C@H](Cc1ccccc1)NC(=O)[C@H](CCCN=C(N)N)NC(=O)[C@H](Cc1c[nH]c2ccccc12)NC(=O)OCC1c2ccccc2-c2ccccc21. The van der Waals surface area contributed by atoms with Crippen molar-refractivity contribution in [3.63, 3.8) is 0 Å². The number of carbonyl (C=O) groups excluding carboxylic acids is 4. The molecule has 0 fully saturated rings. The molecule has 13 heteroatoms. The molecule has 1 aliphatic rings. The highest BCUT2D eigenvalue weighted by Crippen LogP contribution is 2.44. The van der Waals surface area contributed by atoms with Gasteiger partial charge in [0, 0.05) is 42.4 Å². The molecule has 1 aliphatic carbocycles. The summed E-state index contributed by atoms with van der Waals surface area (Å²) >= 11 is 0. The van der Waals surface area contributed by atoms with Gasteiger partial charge in [0.05, 0.1) is 0 Å². The lowest BCUT2D eigenvalue weighted by Gasteiger charge is -2.27. The van der Waals surface area contributed by atoms with Gasteiger partial charge in [0.15, 0.2) is 5.96 Å². The predicted octanol–water partition coefficient (Wildman–Crippen LogP) is 5.23. The van der Waals surface area contributed by atoms with Gasteiger partial charge in [-0.05, 0) is 73.1 Å². The molecule has 13 nitrogen and oxygen atoms in total. The summed E-state index contributed by atoms with van der Waals surface area (Å²) in [6.45, 7) is 5.48. The van der Waals surface area contributed by atoms with Crippen LogP contribution in [0, 0.1) is 0 Å². The van der Waals surface area contributed by atoms with Crippen LogP contribution in [0.15, 0.2) is 114 Å². The van der Waals surface area contributed by atoms with Crippen LogP contribution in [0.25, 0.3) is 22.0 Å². The van der Waals surface area contributed by atoms with Crippen molar-refractivity contribution < 1.29 is 28.7 Å². The van der Waals surface area contributed by atoms with Gasteiger partial charge in [0.25, 0.3) is 0 Å². The predicted molar refractivity (Wildman–Crippen MR) is 224 cm³/mol. The molecule has 1 aromatic heterocycles. The van der Waals surface area contributed by atoms with E-state index in [2.05, 4.69) is 38.1 Å². The minimum atomic E-state index is -1.16. The van der Waals surface area contributed by atoms with E-state index in [1.54, 1.807) is 27.0 Å². The van der Waals surface area contributed by atoms with E-state index in [-0.39, 0.29) is 44.3 Å². The largest absolute Gasteiger partial charge is 0.458 e. The number of amides is 3. The molecule has 58 heavy (non-hydrogen) atoms.